The smallest absolute Gasteiger partial charge is 0.407 e. The molecule has 3 rings (SSSR count). The number of hydrogen-bond donors (Lipinski definition) is 1. The van der Waals surface area contributed by atoms with Crippen LogP contribution in [0.2, 0.25) is 0 Å². The third kappa shape index (κ3) is 6.41. The lowest BCUT2D eigenvalue weighted by atomic mass is 10.1. The standard InChI is InChI=1S/C26H29N3O7/c1-4-6-12-22-24(32)28(20-13-15-21(16-14-20)35-18(3)30)29(19-10-8-7-9-11-19)25(22)36-23(31)17-27-26(33)34-5-2/h7-11,13-16H,4-6,12,17H2,1-3H3,(H,27,33). The van der Waals surface area contributed by atoms with E-state index in [0.717, 1.165) is 6.42 Å². The van der Waals surface area contributed by atoms with Crippen molar-refractivity contribution in [1.82, 2.24) is 14.7 Å². The molecule has 1 N–H and O–H groups in total. The Morgan fingerprint density at radius 2 is 1.56 bits per heavy atom. The minimum Gasteiger partial charge on any atom is -0.450 e. The highest BCUT2D eigenvalue weighted by Crippen LogP contribution is 2.26. The highest BCUT2D eigenvalue weighted by Gasteiger charge is 2.25. The lowest BCUT2D eigenvalue weighted by Crippen LogP contribution is -2.32. The Bertz CT molecular complexity index is 1260. The Morgan fingerprint density at radius 3 is 2.17 bits per heavy atom. The van der Waals surface area contributed by atoms with Crippen molar-refractivity contribution in [3.05, 3.63) is 70.5 Å². The van der Waals surface area contributed by atoms with Crippen molar-refractivity contribution in [2.75, 3.05) is 13.2 Å². The highest BCUT2D eigenvalue weighted by atomic mass is 16.6. The van der Waals surface area contributed by atoms with Crippen molar-refractivity contribution in [3.8, 4) is 23.0 Å². The number of carbonyl (C=O) groups excluding carboxylic acids is 3. The second kappa shape index (κ2) is 12.4. The molecule has 0 aliphatic heterocycles. The van der Waals surface area contributed by atoms with E-state index in [1.165, 1.54) is 16.3 Å². The van der Waals surface area contributed by atoms with Crippen LogP contribution >= 0.6 is 0 Å². The molecule has 3 aromatic rings. The predicted molar refractivity (Wildman–Crippen MR) is 132 cm³/mol. The number of para-hydroxylation sites is 1. The van der Waals surface area contributed by atoms with Crippen molar-refractivity contribution >= 4 is 18.0 Å². The number of ether oxygens (including phenoxy) is 3. The second-order valence-electron chi connectivity index (χ2n) is 7.79. The van der Waals surface area contributed by atoms with E-state index in [-0.39, 0.29) is 18.0 Å². The molecule has 0 bridgehead atoms. The molecule has 0 aliphatic carbocycles. The predicted octanol–water partition coefficient (Wildman–Crippen LogP) is 3.55. The third-order valence-corrected chi connectivity index (χ3v) is 5.09. The Morgan fingerprint density at radius 1 is 0.889 bits per heavy atom. The number of amides is 1. The van der Waals surface area contributed by atoms with Crippen LogP contribution in [-0.2, 0) is 20.7 Å². The van der Waals surface area contributed by atoms with Crippen LogP contribution in [0.3, 0.4) is 0 Å². The van der Waals surface area contributed by atoms with Crippen LogP contribution in [0.25, 0.3) is 11.4 Å². The normalized spacial score (nSPS) is 10.5. The largest absolute Gasteiger partial charge is 0.450 e. The molecule has 36 heavy (non-hydrogen) atoms. The van der Waals surface area contributed by atoms with Gasteiger partial charge in [-0.3, -0.25) is 9.59 Å². The number of nitrogens with one attached hydrogen (secondary N) is 1. The van der Waals surface area contributed by atoms with E-state index in [1.807, 2.05) is 13.0 Å². The first-order valence-corrected chi connectivity index (χ1v) is 11.7. The third-order valence-electron chi connectivity index (χ3n) is 5.09. The van der Waals surface area contributed by atoms with Gasteiger partial charge in [0.2, 0.25) is 5.88 Å². The summed E-state index contributed by atoms with van der Waals surface area (Å²) in [5.74, 6) is -0.813. The Balaban J connectivity index is 2.11. The Hall–Kier alpha value is -4.34. The Kier molecular flexibility index (Phi) is 9.04. The van der Waals surface area contributed by atoms with E-state index in [9.17, 15) is 19.2 Å². The van der Waals surface area contributed by atoms with Crippen LogP contribution in [-0.4, -0.2) is 40.5 Å². The SMILES string of the molecule is CCCCc1c(OC(=O)CNC(=O)OCC)n(-c2ccccc2)n(-c2ccc(OC(C)=O)cc2)c1=O. The molecule has 1 aromatic heterocycles. The van der Waals surface area contributed by atoms with Crippen LogP contribution in [0.15, 0.2) is 59.4 Å². The lowest BCUT2D eigenvalue weighted by Gasteiger charge is -2.15. The van der Waals surface area contributed by atoms with Gasteiger partial charge in [0.1, 0.15) is 12.3 Å². The first-order chi connectivity index (χ1) is 17.3. The molecule has 1 heterocycles. The second-order valence-corrected chi connectivity index (χ2v) is 7.79. The molecule has 190 valence electrons. The van der Waals surface area contributed by atoms with Crippen molar-refractivity contribution in [1.29, 1.82) is 0 Å². The average molecular weight is 496 g/mol. The molecule has 10 nitrogen and oxygen atoms in total. The minimum atomic E-state index is -0.757. The fraction of sp³-hybridized carbons (Fsp3) is 0.308. The lowest BCUT2D eigenvalue weighted by molar-refractivity contribution is -0.134. The number of unbranched alkanes of at least 4 members (excludes halogenated alkanes) is 1. The molecule has 1 amide bonds. The molecule has 2 aromatic carbocycles. The van der Waals surface area contributed by atoms with Crippen molar-refractivity contribution < 1.29 is 28.6 Å². The molecule has 0 saturated carbocycles. The topological polar surface area (TPSA) is 118 Å². The van der Waals surface area contributed by atoms with E-state index in [4.69, 9.17) is 14.2 Å². The first kappa shape index (κ1) is 26.3. The van der Waals surface area contributed by atoms with E-state index < -0.39 is 24.6 Å². The fourth-order valence-corrected chi connectivity index (χ4v) is 3.53. The quantitative estimate of drug-likeness (QED) is 0.338. The van der Waals surface area contributed by atoms with Gasteiger partial charge in [-0.1, -0.05) is 31.5 Å². The van der Waals surface area contributed by atoms with E-state index in [2.05, 4.69) is 5.32 Å². The average Bonchev–Trinajstić information content (AvgIpc) is 3.13. The van der Waals surface area contributed by atoms with Gasteiger partial charge in [0.05, 0.1) is 23.5 Å². The number of aromatic nitrogens is 2. The van der Waals surface area contributed by atoms with Crippen molar-refractivity contribution in [2.24, 2.45) is 0 Å². The summed E-state index contributed by atoms with van der Waals surface area (Å²) in [5, 5.41) is 2.33. The molecule has 10 heteroatoms. The molecule has 0 saturated heterocycles. The summed E-state index contributed by atoms with van der Waals surface area (Å²) < 4.78 is 18.5. The van der Waals surface area contributed by atoms with Crippen molar-refractivity contribution in [3.63, 3.8) is 0 Å². The number of alkyl carbamates (subject to hydrolysis) is 1. The number of carbonyl (C=O) groups is 3. The molecule has 0 aliphatic rings. The van der Waals surface area contributed by atoms with Crippen LogP contribution in [0.4, 0.5) is 4.79 Å². The summed E-state index contributed by atoms with van der Waals surface area (Å²) >= 11 is 0. The number of rotatable bonds is 10. The summed E-state index contributed by atoms with van der Waals surface area (Å²) in [6.07, 6.45) is 1.16. The van der Waals surface area contributed by atoms with Gasteiger partial charge in [-0.25, -0.2) is 19.0 Å². The molecule has 0 atom stereocenters. The molecule has 0 radical (unpaired) electrons. The van der Waals surface area contributed by atoms with Gasteiger partial charge in [-0.15, -0.1) is 0 Å². The van der Waals surface area contributed by atoms with Gasteiger partial charge in [-0.05, 0) is 56.2 Å². The number of esters is 2. The van der Waals surface area contributed by atoms with Crippen LogP contribution < -0.4 is 20.3 Å². The maximum absolute atomic E-state index is 13.7. The molecule has 0 unspecified atom stereocenters. The van der Waals surface area contributed by atoms with Gasteiger partial charge >= 0.3 is 18.0 Å². The maximum Gasteiger partial charge on any atom is 0.407 e. The highest BCUT2D eigenvalue weighted by molar-refractivity contribution is 5.79. The number of benzene rings is 2. The zero-order chi connectivity index (χ0) is 26.1. The summed E-state index contributed by atoms with van der Waals surface area (Å²) in [5.41, 5.74) is 1.04. The van der Waals surface area contributed by atoms with Gasteiger partial charge in [0, 0.05) is 6.92 Å². The van der Waals surface area contributed by atoms with Crippen LogP contribution in [0.5, 0.6) is 11.6 Å². The summed E-state index contributed by atoms with van der Waals surface area (Å²) in [6.45, 7) is 4.68. The van der Waals surface area contributed by atoms with Gasteiger partial charge in [0.15, 0.2) is 0 Å². The fourth-order valence-electron chi connectivity index (χ4n) is 3.53. The van der Waals surface area contributed by atoms with Crippen LogP contribution in [0.1, 0.15) is 39.2 Å². The van der Waals surface area contributed by atoms with E-state index >= 15 is 0 Å². The molecule has 0 spiro atoms. The zero-order valence-corrected chi connectivity index (χ0v) is 20.5. The van der Waals surface area contributed by atoms with E-state index in [1.54, 1.807) is 55.5 Å². The number of nitrogens with zero attached hydrogens (tertiary/aromatic N) is 2. The molecular weight excluding hydrogens is 466 g/mol. The van der Waals surface area contributed by atoms with Gasteiger partial charge < -0.3 is 19.5 Å². The summed E-state index contributed by atoms with van der Waals surface area (Å²) in [4.78, 5) is 49.2. The van der Waals surface area contributed by atoms with Gasteiger partial charge in [-0.2, -0.15) is 0 Å². The monoisotopic (exact) mass is 495 g/mol. The van der Waals surface area contributed by atoms with Crippen molar-refractivity contribution in [2.45, 2.75) is 40.0 Å². The minimum absolute atomic E-state index is 0.0689. The summed E-state index contributed by atoms with van der Waals surface area (Å²) in [6, 6.07) is 15.4. The number of hydrogen-bond acceptors (Lipinski definition) is 7. The molecule has 0 fully saturated rings. The zero-order valence-electron chi connectivity index (χ0n) is 20.5. The first-order valence-electron chi connectivity index (χ1n) is 11.7. The van der Waals surface area contributed by atoms with E-state index in [0.29, 0.717) is 35.5 Å². The Labute approximate surface area is 208 Å². The summed E-state index contributed by atoms with van der Waals surface area (Å²) in [7, 11) is 0. The molecular formula is C26H29N3O7. The van der Waals surface area contributed by atoms with Gasteiger partial charge in [0.25, 0.3) is 5.56 Å². The maximum atomic E-state index is 13.7. The van der Waals surface area contributed by atoms with Crippen LogP contribution in [0, 0.1) is 0 Å².